The van der Waals surface area contributed by atoms with Crippen LogP contribution in [0.3, 0.4) is 0 Å². The standard InChI is InChI=1S/C21H29NO.2C19H27NO2.C19H27NO/c23-17-8-7-16-12-20-18-6-1-2-9-21(18,19(16)13-17)10-11-22(20)14-15-4-3-5-15;2*1-13-18-10-14-5-6-15(21)11-17(14)19(13,2)7-8-20(18)12-16-4-3-9-22-16;1-12-18-10-15-6-7-16(21)11-17(15)19(12,3)8-9-20(18)13(2)14-4-5-14/h7-8,13,15,18,20,23H,1-6,9-12,14H2;2*5-6,11,13,16,18,21H,3-4,7-10,12H2,1-2H3;6-7,11-14,18,21H,4-5,8-10H2,1-3H3/t18-,20+,21+;13-,16+,18+,19+;13-,16-,18+,19+;12-,13-,18?,19+/m0000/s1. The van der Waals surface area contributed by atoms with Crippen LogP contribution in [0.4, 0.5) is 0 Å². The average molecular weight is 1200 g/mol. The Morgan fingerprint density at radius 2 is 0.875 bits per heavy atom. The molecule has 0 amide bonds. The lowest BCUT2D eigenvalue weighted by atomic mass is 9.52. The Morgan fingerprint density at radius 3 is 1.34 bits per heavy atom. The predicted octanol–water partition coefficient (Wildman–Crippen LogP) is 14.2. The molecular formula is C78H110N4O6. The quantitative estimate of drug-likeness (QED) is 0.136. The van der Waals surface area contributed by atoms with Crippen molar-refractivity contribution in [2.45, 2.75) is 247 Å². The van der Waals surface area contributed by atoms with Crippen LogP contribution in [0.1, 0.15) is 202 Å². The summed E-state index contributed by atoms with van der Waals surface area (Å²) in [6.07, 6.45) is 28.0. The fourth-order valence-electron chi connectivity index (χ4n) is 21.2. The topological polar surface area (TPSA) is 112 Å². The molecule has 17 rings (SSSR count). The number of phenolic OH excluding ortho intramolecular Hbond substituents is 4. The molecule has 4 aromatic rings. The third kappa shape index (κ3) is 11.2. The molecule has 4 N–H and O–H groups in total. The molecule has 3 saturated carbocycles. The van der Waals surface area contributed by atoms with Crippen molar-refractivity contribution in [2.75, 3.05) is 59.0 Å². The monoisotopic (exact) mass is 1200 g/mol. The van der Waals surface area contributed by atoms with Gasteiger partial charge in [-0.25, -0.2) is 0 Å². The number of hydrogen-bond acceptors (Lipinski definition) is 10. The first-order chi connectivity index (χ1) is 42.4. The maximum absolute atomic E-state index is 10.1. The van der Waals surface area contributed by atoms with Crippen molar-refractivity contribution in [3.63, 3.8) is 0 Å². The van der Waals surface area contributed by atoms with E-state index in [9.17, 15) is 20.4 Å². The van der Waals surface area contributed by atoms with Crippen molar-refractivity contribution in [1.29, 1.82) is 0 Å². The second-order valence-electron chi connectivity index (χ2n) is 31.9. The van der Waals surface area contributed by atoms with Gasteiger partial charge in [0.1, 0.15) is 23.0 Å². The second kappa shape index (κ2) is 24.4. The van der Waals surface area contributed by atoms with Gasteiger partial charge in [0.2, 0.25) is 0 Å². The highest BCUT2D eigenvalue weighted by atomic mass is 16.5. The summed E-state index contributed by atoms with van der Waals surface area (Å²) in [5.74, 6) is 6.39. The third-order valence-electron chi connectivity index (χ3n) is 27.7. The van der Waals surface area contributed by atoms with Crippen LogP contribution in [-0.4, -0.2) is 141 Å². The largest absolute Gasteiger partial charge is 0.508 e. The van der Waals surface area contributed by atoms with Gasteiger partial charge in [0.05, 0.1) is 12.2 Å². The van der Waals surface area contributed by atoms with Crippen LogP contribution in [0, 0.1) is 35.5 Å². The highest BCUT2D eigenvalue weighted by Crippen LogP contribution is 2.58. The van der Waals surface area contributed by atoms with Crippen molar-refractivity contribution in [1.82, 2.24) is 19.6 Å². The van der Waals surface area contributed by atoms with Crippen LogP contribution < -0.4 is 0 Å². The fourth-order valence-corrected chi connectivity index (χ4v) is 21.2. The summed E-state index contributed by atoms with van der Waals surface area (Å²) in [6, 6.07) is 27.7. The summed E-state index contributed by atoms with van der Waals surface area (Å²) in [6.45, 7) is 27.1. The molecule has 15 atom stereocenters. The van der Waals surface area contributed by atoms with E-state index < -0.39 is 0 Å². The highest BCUT2D eigenvalue weighted by molar-refractivity contribution is 5.48. The summed E-state index contributed by atoms with van der Waals surface area (Å²) >= 11 is 0. The van der Waals surface area contributed by atoms with E-state index in [4.69, 9.17) is 9.47 Å². The number of benzene rings is 4. The van der Waals surface area contributed by atoms with E-state index in [0.717, 1.165) is 88.5 Å². The van der Waals surface area contributed by atoms with Crippen molar-refractivity contribution in [3.05, 3.63) is 117 Å². The summed E-state index contributed by atoms with van der Waals surface area (Å²) < 4.78 is 11.7. The SMILES string of the molecule is C[C@@H](C1CC1)N1CC[C@@]2(C)c3cc(O)ccc3CC1[C@@H]2C.C[C@H]1[C@H]2Cc3ccc(O)cc3[C@]1(C)CCN2C[C@@H]1CCCO1.C[C@H]1[C@H]2Cc3ccc(O)cc3[C@]1(C)CCN2C[C@H]1CCCO1.Oc1ccc2c(c1)[C@@]13CCCC[C@H]1[C@@H](C2)N(CC1CCC1)CC3. The molecule has 6 saturated heterocycles. The maximum atomic E-state index is 10.1. The molecule has 9 fully saturated rings. The van der Waals surface area contributed by atoms with Crippen molar-refractivity contribution >= 4 is 0 Å². The Kier molecular flexibility index (Phi) is 17.0. The van der Waals surface area contributed by atoms with Gasteiger partial charge in [-0.2, -0.15) is 0 Å². The number of likely N-dealkylation sites (tertiary alicyclic amines) is 4. The Labute approximate surface area is 529 Å². The number of piperidine rings is 4. The second-order valence-corrected chi connectivity index (χ2v) is 31.9. The maximum Gasteiger partial charge on any atom is 0.115 e. The van der Waals surface area contributed by atoms with Crippen LogP contribution in [0.5, 0.6) is 23.0 Å². The van der Waals surface area contributed by atoms with E-state index in [1.54, 1.807) is 0 Å². The van der Waals surface area contributed by atoms with E-state index in [0.29, 0.717) is 76.5 Å². The van der Waals surface area contributed by atoms with Crippen LogP contribution in [-0.2, 0) is 56.8 Å². The van der Waals surface area contributed by atoms with Crippen molar-refractivity contribution in [2.24, 2.45) is 35.5 Å². The first kappa shape index (κ1) is 61.4. The van der Waals surface area contributed by atoms with Crippen molar-refractivity contribution in [3.8, 4) is 23.0 Å². The van der Waals surface area contributed by atoms with Crippen LogP contribution in [0.2, 0.25) is 0 Å². The van der Waals surface area contributed by atoms with Gasteiger partial charge in [0.25, 0.3) is 0 Å². The zero-order valence-corrected chi connectivity index (χ0v) is 55.0. The Balaban J connectivity index is 0.000000103. The molecule has 0 spiro atoms. The summed E-state index contributed by atoms with van der Waals surface area (Å²) in [7, 11) is 0. The molecule has 4 aromatic carbocycles. The molecule has 478 valence electrons. The molecule has 6 aliphatic heterocycles. The van der Waals surface area contributed by atoms with E-state index >= 15 is 0 Å². The normalized spacial score (nSPS) is 37.5. The number of fused-ring (bicyclic) bond motifs is 13. The molecule has 88 heavy (non-hydrogen) atoms. The van der Waals surface area contributed by atoms with Gasteiger partial charge in [-0.3, -0.25) is 19.6 Å². The van der Waals surface area contributed by atoms with Gasteiger partial charge in [-0.1, -0.05) is 85.1 Å². The third-order valence-corrected chi connectivity index (χ3v) is 27.7. The number of nitrogens with zero attached hydrogens (tertiary/aromatic N) is 4. The summed E-state index contributed by atoms with van der Waals surface area (Å²) in [4.78, 5) is 11.0. The molecule has 1 unspecified atom stereocenters. The number of ether oxygens (including phenoxy) is 2. The van der Waals surface area contributed by atoms with Gasteiger partial charge in [0, 0.05) is 68.5 Å². The number of rotatable bonds is 8. The molecule has 10 heteroatoms. The summed E-state index contributed by atoms with van der Waals surface area (Å²) in [5, 5.41) is 39.8. The predicted molar refractivity (Wildman–Crippen MR) is 353 cm³/mol. The molecule has 0 radical (unpaired) electrons. The first-order valence-electron chi connectivity index (χ1n) is 35.9. The molecule has 10 nitrogen and oxygen atoms in total. The number of hydrogen-bond donors (Lipinski definition) is 4. The van der Waals surface area contributed by atoms with Crippen LogP contribution in [0.15, 0.2) is 72.8 Å². The van der Waals surface area contributed by atoms with E-state index in [-0.39, 0.29) is 16.2 Å². The van der Waals surface area contributed by atoms with Gasteiger partial charge in [-0.05, 0) is 293 Å². The van der Waals surface area contributed by atoms with Gasteiger partial charge in [-0.15, -0.1) is 0 Å². The first-order valence-corrected chi connectivity index (χ1v) is 35.9. The molecule has 13 aliphatic rings. The zero-order chi connectivity index (χ0) is 60.9. The summed E-state index contributed by atoms with van der Waals surface area (Å²) in [5.41, 5.74) is 12.6. The molecule has 7 aliphatic carbocycles. The molecule has 6 heterocycles. The van der Waals surface area contributed by atoms with Crippen LogP contribution in [0.25, 0.3) is 0 Å². The van der Waals surface area contributed by atoms with E-state index in [2.05, 4.69) is 98.4 Å². The van der Waals surface area contributed by atoms with E-state index in [1.165, 1.54) is 180 Å². The average Bonchev–Trinajstić information content (AvgIpc) is 0.893. The molecule has 8 bridgehead atoms. The Hall–Kier alpha value is -4.16. The number of phenols is 4. The zero-order valence-electron chi connectivity index (χ0n) is 55.0. The molecule has 0 aromatic heterocycles. The lowest BCUT2D eigenvalue weighted by Gasteiger charge is -2.59. The number of aromatic hydroxyl groups is 4. The fraction of sp³-hybridized carbons (Fsp3) is 0.692. The van der Waals surface area contributed by atoms with E-state index in [1.807, 2.05) is 42.5 Å². The lowest BCUT2D eigenvalue weighted by Crippen LogP contribution is -2.61. The minimum Gasteiger partial charge on any atom is -0.508 e. The highest BCUT2D eigenvalue weighted by Gasteiger charge is 2.56. The Bertz CT molecular complexity index is 3030. The van der Waals surface area contributed by atoms with Gasteiger partial charge in [0.15, 0.2) is 0 Å². The van der Waals surface area contributed by atoms with Gasteiger partial charge >= 0.3 is 0 Å². The van der Waals surface area contributed by atoms with Gasteiger partial charge < -0.3 is 29.9 Å². The molecular weight excluding hydrogens is 1090 g/mol. The lowest BCUT2D eigenvalue weighted by molar-refractivity contribution is -0.0240. The van der Waals surface area contributed by atoms with Crippen molar-refractivity contribution < 1.29 is 29.9 Å². The Morgan fingerprint density at radius 1 is 0.443 bits per heavy atom. The minimum atomic E-state index is 0.198. The minimum absolute atomic E-state index is 0.198. The smallest absolute Gasteiger partial charge is 0.115 e. The van der Waals surface area contributed by atoms with Crippen LogP contribution >= 0.6 is 0 Å².